The number of nitrogens with zero attached hydrogens (tertiary/aromatic N) is 1. The highest BCUT2D eigenvalue weighted by atomic mass is 15.2. The molecule has 0 aliphatic heterocycles. The Balaban J connectivity index is 2.32. The summed E-state index contributed by atoms with van der Waals surface area (Å²) in [7, 11) is 2.27. The summed E-state index contributed by atoms with van der Waals surface area (Å²) >= 11 is 0. The van der Waals surface area contributed by atoms with Crippen molar-refractivity contribution < 1.29 is 0 Å². The van der Waals surface area contributed by atoms with E-state index in [4.69, 9.17) is 0 Å². The van der Waals surface area contributed by atoms with Crippen LogP contribution in [0.2, 0.25) is 0 Å². The zero-order valence-electron chi connectivity index (χ0n) is 13.4. The van der Waals surface area contributed by atoms with Crippen LogP contribution in [0.4, 0.5) is 0 Å². The molecule has 0 aromatic carbocycles. The molecule has 0 aromatic heterocycles. The van der Waals surface area contributed by atoms with Gasteiger partial charge in [-0.3, -0.25) is 4.90 Å². The van der Waals surface area contributed by atoms with Gasteiger partial charge >= 0.3 is 0 Å². The van der Waals surface area contributed by atoms with Crippen LogP contribution in [0.5, 0.6) is 0 Å². The SMILES string of the molecule is CC(CNC1CCCCC1)N(C)C(C)C(C)(C)C. The maximum absolute atomic E-state index is 3.77. The summed E-state index contributed by atoms with van der Waals surface area (Å²) in [6.07, 6.45) is 7.03. The third kappa shape index (κ3) is 4.89. The molecule has 1 aliphatic rings. The van der Waals surface area contributed by atoms with Crippen molar-refractivity contribution in [3.8, 4) is 0 Å². The molecule has 108 valence electrons. The van der Waals surface area contributed by atoms with Gasteiger partial charge < -0.3 is 5.32 Å². The first-order chi connectivity index (χ1) is 8.32. The van der Waals surface area contributed by atoms with Crippen LogP contribution in [-0.4, -0.2) is 36.6 Å². The highest BCUT2D eigenvalue weighted by Crippen LogP contribution is 2.24. The van der Waals surface area contributed by atoms with Gasteiger partial charge in [-0.15, -0.1) is 0 Å². The topological polar surface area (TPSA) is 15.3 Å². The van der Waals surface area contributed by atoms with Crippen LogP contribution >= 0.6 is 0 Å². The Morgan fingerprint density at radius 3 is 2.17 bits per heavy atom. The van der Waals surface area contributed by atoms with Gasteiger partial charge in [-0.25, -0.2) is 0 Å². The molecule has 0 radical (unpaired) electrons. The van der Waals surface area contributed by atoms with Crippen molar-refractivity contribution in [2.24, 2.45) is 5.41 Å². The fourth-order valence-corrected chi connectivity index (χ4v) is 2.78. The van der Waals surface area contributed by atoms with Gasteiger partial charge in [0.25, 0.3) is 0 Å². The molecule has 2 heteroatoms. The first-order valence-corrected chi connectivity index (χ1v) is 7.77. The molecule has 1 rings (SSSR count). The molecule has 1 N–H and O–H groups in total. The monoisotopic (exact) mass is 254 g/mol. The van der Waals surface area contributed by atoms with E-state index in [0.29, 0.717) is 17.5 Å². The van der Waals surface area contributed by atoms with Crippen molar-refractivity contribution in [2.45, 2.75) is 84.8 Å². The standard InChI is InChI=1S/C16H34N2/c1-13(18(6)14(2)16(3,4)5)12-17-15-10-8-7-9-11-15/h13-15,17H,7-12H2,1-6H3. The minimum Gasteiger partial charge on any atom is -0.312 e. The lowest BCUT2D eigenvalue weighted by molar-refractivity contribution is 0.101. The zero-order chi connectivity index (χ0) is 13.8. The molecular formula is C16H34N2. The third-order valence-corrected chi connectivity index (χ3v) is 4.87. The highest BCUT2D eigenvalue weighted by molar-refractivity contribution is 4.82. The van der Waals surface area contributed by atoms with E-state index in [1.807, 2.05) is 0 Å². The van der Waals surface area contributed by atoms with Gasteiger partial charge in [0.05, 0.1) is 0 Å². The molecule has 2 nitrogen and oxygen atoms in total. The van der Waals surface area contributed by atoms with Crippen molar-refractivity contribution in [3.05, 3.63) is 0 Å². The van der Waals surface area contributed by atoms with Crippen LogP contribution in [0, 0.1) is 5.41 Å². The Labute approximate surface area is 115 Å². The van der Waals surface area contributed by atoms with E-state index in [2.05, 4.69) is 51.9 Å². The van der Waals surface area contributed by atoms with E-state index in [1.54, 1.807) is 0 Å². The first kappa shape index (κ1) is 16.0. The summed E-state index contributed by atoms with van der Waals surface area (Å²) in [5, 5.41) is 3.77. The summed E-state index contributed by atoms with van der Waals surface area (Å²) in [5.41, 5.74) is 0.355. The molecule has 1 fully saturated rings. The number of hydrogen-bond acceptors (Lipinski definition) is 2. The number of rotatable bonds is 5. The molecule has 0 amide bonds. The molecule has 1 aliphatic carbocycles. The summed E-state index contributed by atoms with van der Waals surface area (Å²) in [5.74, 6) is 0. The second kappa shape index (κ2) is 6.91. The van der Waals surface area contributed by atoms with E-state index >= 15 is 0 Å². The van der Waals surface area contributed by atoms with Crippen molar-refractivity contribution in [3.63, 3.8) is 0 Å². The Hall–Kier alpha value is -0.0800. The largest absolute Gasteiger partial charge is 0.312 e. The van der Waals surface area contributed by atoms with E-state index in [1.165, 1.54) is 32.1 Å². The molecule has 1 saturated carbocycles. The Bertz CT molecular complexity index is 226. The summed E-state index contributed by atoms with van der Waals surface area (Å²) in [4.78, 5) is 2.52. The molecule has 0 aromatic rings. The third-order valence-electron chi connectivity index (χ3n) is 4.87. The fourth-order valence-electron chi connectivity index (χ4n) is 2.78. The van der Waals surface area contributed by atoms with Gasteiger partial charge in [-0.05, 0) is 39.2 Å². The molecule has 2 unspecified atom stereocenters. The Morgan fingerprint density at radius 2 is 1.67 bits per heavy atom. The Morgan fingerprint density at radius 1 is 1.11 bits per heavy atom. The van der Waals surface area contributed by atoms with E-state index in [-0.39, 0.29) is 0 Å². The summed E-state index contributed by atoms with van der Waals surface area (Å²) in [6.45, 7) is 12.8. The van der Waals surface area contributed by atoms with Gasteiger partial charge in [-0.2, -0.15) is 0 Å². The van der Waals surface area contributed by atoms with Crippen LogP contribution in [0.15, 0.2) is 0 Å². The lowest BCUT2D eigenvalue weighted by Gasteiger charge is -2.39. The van der Waals surface area contributed by atoms with Crippen LogP contribution in [0.1, 0.15) is 66.7 Å². The first-order valence-electron chi connectivity index (χ1n) is 7.77. The van der Waals surface area contributed by atoms with Gasteiger partial charge in [0.1, 0.15) is 0 Å². The fraction of sp³-hybridized carbons (Fsp3) is 1.00. The van der Waals surface area contributed by atoms with Crippen molar-refractivity contribution in [1.29, 1.82) is 0 Å². The lowest BCUT2D eigenvalue weighted by atomic mass is 9.86. The molecular weight excluding hydrogens is 220 g/mol. The average Bonchev–Trinajstić information content (AvgIpc) is 2.34. The van der Waals surface area contributed by atoms with Gasteiger partial charge in [-0.1, -0.05) is 40.0 Å². The van der Waals surface area contributed by atoms with Gasteiger partial charge in [0, 0.05) is 24.7 Å². The van der Waals surface area contributed by atoms with Crippen LogP contribution in [0.25, 0.3) is 0 Å². The quantitative estimate of drug-likeness (QED) is 0.805. The molecule has 0 bridgehead atoms. The second-order valence-corrected chi connectivity index (χ2v) is 7.30. The second-order valence-electron chi connectivity index (χ2n) is 7.30. The van der Waals surface area contributed by atoms with Crippen LogP contribution in [0.3, 0.4) is 0 Å². The minimum absolute atomic E-state index is 0.355. The van der Waals surface area contributed by atoms with E-state index in [0.717, 1.165) is 12.6 Å². The van der Waals surface area contributed by atoms with Gasteiger partial charge in [0.2, 0.25) is 0 Å². The molecule has 18 heavy (non-hydrogen) atoms. The zero-order valence-corrected chi connectivity index (χ0v) is 13.4. The van der Waals surface area contributed by atoms with Crippen molar-refractivity contribution in [1.82, 2.24) is 10.2 Å². The average molecular weight is 254 g/mol. The number of hydrogen-bond donors (Lipinski definition) is 1. The van der Waals surface area contributed by atoms with Crippen molar-refractivity contribution in [2.75, 3.05) is 13.6 Å². The molecule has 0 spiro atoms. The molecule has 2 atom stereocenters. The summed E-state index contributed by atoms with van der Waals surface area (Å²) < 4.78 is 0. The molecule has 0 saturated heterocycles. The van der Waals surface area contributed by atoms with Gasteiger partial charge in [0.15, 0.2) is 0 Å². The Kier molecular flexibility index (Phi) is 6.13. The van der Waals surface area contributed by atoms with Crippen molar-refractivity contribution >= 4 is 0 Å². The van der Waals surface area contributed by atoms with Crippen LogP contribution in [-0.2, 0) is 0 Å². The lowest BCUT2D eigenvalue weighted by Crippen LogP contribution is -2.49. The predicted molar refractivity (Wildman–Crippen MR) is 81.0 cm³/mol. The van der Waals surface area contributed by atoms with E-state index in [9.17, 15) is 0 Å². The molecule has 0 heterocycles. The maximum Gasteiger partial charge on any atom is 0.0192 e. The van der Waals surface area contributed by atoms with E-state index < -0.39 is 0 Å². The number of likely N-dealkylation sites (N-methyl/N-ethyl adjacent to an activating group) is 1. The highest BCUT2D eigenvalue weighted by Gasteiger charge is 2.26. The predicted octanol–water partition coefficient (Wildman–Crippen LogP) is 3.66. The van der Waals surface area contributed by atoms with Crippen LogP contribution < -0.4 is 5.32 Å². The normalized spacial score (nSPS) is 22.2. The smallest absolute Gasteiger partial charge is 0.0192 e. The minimum atomic E-state index is 0.355. The number of nitrogens with one attached hydrogen (secondary N) is 1. The summed E-state index contributed by atoms with van der Waals surface area (Å²) in [6, 6.07) is 2.00. The maximum atomic E-state index is 3.77.